The molecule has 0 radical (unpaired) electrons. The zero-order valence-corrected chi connectivity index (χ0v) is 13.7. The second kappa shape index (κ2) is 5.34. The highest BCUT2D eigenvalue weighted by Gasteiger charge is 2.28. The number of carbonyl (C=O) groups excluding carboxylic acids is 1. The average Bonchev–Trinajstić information content (AvgIpc) is 3.03. The van der Waals surface area contributed by atoms with E-state index in [4.69, 9.17) is 4.98 Å². The Morgan fingerprint density at radius 1 is 1.41 bits per heavy atom. The van der Waals surface area contributed by atoms with Gasteiger partial charge in [0, 0.05) is 24.9 Å². The number of hydrogen-bond acceptors (Lipinski definition) is 5. The second-order valence-electron chi connectivity index (χ2n) is 7.23. The second-order valence-corrected chi connectivity index (χ2v) is 7.23. The lowest BCUT2D eigenvalue weighted by Gasteiger charge is -2.22. The van der Waals surface area contributed by atoms with Crippen molar-refractivity contribution in [1.29, 1.82) is 0 Å². The number of nitrogens with one attached hydrogen (secondary N) is 1. The van der Waals surface area contributed by atoms with Crippen molar-refractivity contribution in [3.05, 3.63) is 12.2 Å². The van der Waals surface area contributed by atoms with Crippen molar-refractivity contribution in [2.75, 3.05) is 18.0 Å². The maximum Gasteiger partial charge on any atom is 0.183 e. The summed E-state index contributed by atoms with van der Waals surface area (Å²) in [6.45, 7) is 9.77. The molecule has 1 N–H and O–H groups in total. The van der Waals surface area contributed by atoms with Crippen LogP contribution in [0.2, 0.25) is 0 Å². The van der Waals surface area contributed by atoms with Crippen LogP contribution in [0.1, 0.15) is 46.4 Å². The lowest BCUT2D eigenvalue weighted by molar-refractivity contribution is -0.117. The number of carbonyl (C=O) groups is 1. The minimum Gasteiger partial charge on any atom is -0.354 e. The zero-order valence-electron chi connectivity index (χ0n) is 13.7. The Hall–Kier alpha value is -1.98. The Morgan fingerprint density at radius 3 is 2.86 bits per heavy atom. The Labute approximate surface area is 130 Å². The molecule has 0 spiro atoms. The summed E-state index contributed by atoms with van der Waals surface area (Å²) in [5.41, 5.74) is 1.47. The van der Waals surface area contributed by atoms with Gasteiger partial charge in [0.05, 0.1) is 6.33 Å². The van der Waals surface area contributed by atoms with Gasteiger partial charge in [-0.15, -0.1) is 0 Å². The number of fused-ring (bicyclic) bond motifs is 1. The zero-order chi connectivity index (χ0) is 15.9. The highest BCUT2D eigenvalue weighted by atomic mass is 16.1. The molecular formula is C16H23N5O. The molecule has 0 aliphatic carbocycles. The first-order valence-corrected chi connectivity index (χ1v) is 7.80. The Balaban J connectivity index is 1.96. The van der Waals surface area contributed by atoms with Crippen LogP contribution in [-0.4, -0.2) is 38.8 Å². The van der Waals surface area contributed by atoms with Crippen LogP contribution in [0.15, 0.2) is 6.33 Å². The first-order chi connectivity index (χ1) is 10.3. The Morgan fingerprint density at radius 2 is 2.18 bits per heavy atom. The van der Waals surface area contributed by atoms with E-state index in [-0.39, 0.29) is 11.2 Å². The molecule has 6 nitrogen and oxygen atoms in total. The molecule has 0 amide bonds. The number of Topliss-reactive ketones (excluding diaryl/α,β-unsaturated/α-hetero) is 1. The molecule has 0 unspecified atom stereocenters. The standard InChI is InChI=1S/C16H23N5O/c1-10(22)7-11-5-6-21(8-11)14-12-13(18-9-17-12)19-15(20-14)16(2,3)4/h9,11H,5-8H2,1-4H3,(H,17,18,19,20)/t11-/m1/s1. The third-order valence-electron chi connectivity index (χ3n) is 4.10. The molecule has 22 heavy (non-hydrogen) atoms. The van der Waals surface area contributed by atoms with Crippen molar-refractivity contribution in [2.45, 2.75) is 46.0 Å². The number of aromatic amines is 1. The van der Waals surface area contributed by atoms with E-state index < -0.39 is 0 Å². The molecule has 0 bridgehead atoms. The number of hydrogen-bond donors (Lipinski definition) is 1. The van der Waals surface area contributed by atoms with E-state index in [9.17, 15) is 4.79 Å². The van der Waals surface area contributed by atoms with E-state index >= 15 is 0 Å². The normalized spacial score (nSPS) is 19.1. The molecule has 6 heteroatoms. The predicted octanol–water partition coefficient (Wildman–Crippen LogP) is 2.46. The Kier molecular flexibility index (Phi) is 3.62. The van der Waals surface area contributed by atoms with Crippen LogP contribution in [-0.2, 0) is 10.2 Å². The molecule has 1 atom stereocenters. The van der Waals surface area contributed by atoms with Crippen LogP contribution < -0.4 is 4.90 Å². The van der Waals surface area contributed by atoms with Crippen molar-refractivity contribution in [2.24, 2.45) is 5.92 Å². The van der Waals surface area contributed by atoms with Crippen molar-refractivity contribution in [3.8, 4) is 0 Å². The molecule has 3 rings (SSSR count). The monoisotopic (exact) mass is 301 g/mol. The topological polar surface area (TPSA) is 74.8 Å². The van der Waals surface area contributed by atoms with E-state index in [1.165, 1.54) is 0 Å². The van der Waals surface area contributed by atoms with Crippen LogP contribution in [0.5, 0.6) is 0 Å². The molecule has 2 aromatic heterocycles. The molecule has 0 aromatic carbocycles. The number of aromatic nitrogens is 4. The number of imidazole rings is 1. The molecular weight excluding hydrogens is 278 g/mol. The molecule has 118 valence electrons. The first-order valence-electron chi connectivity index (χ1n) is 7.80. The fraction of sp³-hybridized carbons (Fsp3) is 0.625. The molecule has 1 fully saturated rings. The van der Waals surface area contributed by atoms with E-state index in [1.54, 1.807) is 13.3 Å². The van der Waals surface area contributed by atoms with Crippen LogP contribution >= 0.6 is 0 Å². The van der Waals surface area contributed by atoms with Gasteiger partial charge < -0.3 is 14.7 Å². The van der Waals surface area contributed by atoms with Gasteiger partial charge in [-0.3, -0.25) is 0 Å². The van der Waals surface area contributed by atoms with Crippen LogP contribution in [0, 0.1) is 5.92 Å². The summed E-state index contributed by atoms with van der Waals surface area (Å²) >= 11 is 0. The Bertz CT molecular complexity index is 700. The van der Waals surface area contributed by atoms with E-state index in [0.29, 0.717) is 18.0 Å². The van der Waals surface area contributed by atoms with Crippen molar-refractivity contribution >= 4 is 22.8 Å². The predicted molar refractivity (Wildman–Crippen MR) is 86.0 cm³/mol. The minimum atomic E-state index is -0.125. The number of rotatable bonds is 3. The molecule has 1 saturated heterocycles. The maximum absolute atomic E-state index is 11.3. The van der Waals surface area contributed by atoms with Crippen LogP contribution in [0.25, 0.3) is 11.2 Å². The van der Waals surface area contributed by atoms with Gasteiger partial charge in [-0.05, 0) is 19.3 Å². The van der Waals surface area contributed by atoms with Crippen LogP contribution in [0.3, 0.4) is 0 Å². The number of H-pyrrole nitrogens is 1. The van der Waals surface area contributed by atoms with E-state index in [0.717, 1.165) is 36.7 Å². The summed E-state index contributed by atoms with van der Waals surface area (Å²) in [6.07, 6.45) is 3.35. The van der Waals surface area contributed by atoms with Crippen molar-refractivity contribution < 1.29 is 4.79 Å². The maximum atomic E-state index is 11.3. The largest absolute Gasteiger partial charge is 0.354 e. The van der Waals surface area contributed by atoms with Gasteiger partial charge in [0.25, 0.3) is 0 Å². The fourth-order valence-corrected chi connectivity index (χ4v) is 2.98. The summed E-state index contributed by atoms with van der Waals surface area (Å²) in [7, 11) is 0. The average molecular weight is 301 g/mol. The molecule has 2 aromatic rings. The van der Waals surface area contributed by atoms with Gasteiger partial charge in [0.1, 0.15) is 17.1 Å². The smallest absolute Gasteiger partial charge is 0.183 e. The minimum absolute atomic E-state index is 0.125. The summed E-state index contributed by atoms with van der Waals surface area (Å²) in [5, 5.41) is 0. The highest BCUT2D eigenvalue weighted by molar-refractivity contribution is 5.83. The van der Waals surface area contributed by atoms with Crippen molar-refractivity contribution in [1.82, 2.24) is 19.9 Å². The third kappa shape index (κ3) is 2.82. The lowest BCUT2D eigenvalue weighted by atomic mass is 9.96. The summed E-state index contributed by atoms with van der Waals surface area (Å²) in [5.74, 6) is 2.40. The van der Waals surface area contributed by atoms with Crippen LogP contribution in [0.4, 0.5) is 5.82 Å². The van der Waals surface area contributed by atoms with Gasteiger partial charge in [-0.2, -0.15) is 0 Å². The fourth-order valence-electron chi connectivity index (χ4n) is 2.98. The number of ketones is 1. The van der Waals surface area contributed by atoms with Gasteiger partial charge >= 0.3 is 0 Å². The molecule has 1 aliphatic rings. The van der Waals surface area contributed by atoms with Crippen molar-refractivity contribution in [3.63, 3.8) is 0 Å². The number of anilines is 1. The quantitative estimate of drug-likeness (QED) is 0.942. The van der Waals surface area contributed by atoms with E-state index in [1.807, 2.05) is 0 Å². The molecule has 3 heterocycles. The molecule has 0 saturated carbocycles. The van der Waals surface area contributed by atoms with E-state index in [2.05, 4.69) is 40.6 Å². The summed E-state index contributed by atoms with van der Waals surface area (Å²) < 4.78 is 0. The van der Waals surface area contributed by atoms with Gasteiger partial charge in [0.2, 0.25) is 0 Å². The summed E-state index contributed by atoms with van der Waals surface area (Å²) in [6, 6.07) is 0. The van der Waals surface area contributed by atoms with Gasteiger partial charge in [-0.1, -0.05) is 20.8 Å². The number of nitrogens with zero attached hydrogens (tertiary/aromatic N) is 4. The highest BCUT2D eigenvalue weighted by Crippen LogP contribution is 2.30. The first kappa shape index (κ1) is 14.9. The molecule has 1 aliphatic heterocycles. The SMILES string of the molecule is CC(=O)C[C@H]1CCN(c2nc(C(C)(C)C)nc3nc[nH]c23)C1. The lowest BCUT2D eigenvalue weighted by Crippen LogP contribution is -2.24. The summed E-state index contributed by atoms with van der Waals surface area (Å²) in [4.78, 5) is 30.4. The third-order valence-corrected chi connectivity index (χ3v) is 4.10. The van der Waals surface area contributed by atoms with Gasteiger partial charge in [0.15, 0.2) is 11.5 Å². The van der Waals surface area contributed by atoms with Gasteiger partial charge in [-0.25, -0.2) is 15.0 Å².